The third kappa shape index (κ3) is 5.51. The number of hydrogen-bond donors (Lipinski definition) is 2. The van der Waals surface area contributed by atoms with Gasteiger partial charge in [-0.15, -0.1) is 0 Å². The minimum Gasteiger partial charge on any atom is -0.493 e. The van der Waals surface area contributed by atoms with E-state index in [1.807, 2.05) is 66.7 Å². The summed E-state index contributed by atoms with van der Waals surface area (Å²) in [6, 6.07) is 26.2. The molecule has 3 aromatic rings. The number of hydrogen-bond acceptors (Lipinski definition) is 3. The van der Waals surface area contributed by atoms with Crippen molar-refractivity contribution in [2.75, 3.05) is 13.2 Å². The van der Waals surface area contributed by atoms with Crippen LogP contribution in [-0.2, 0) is 11.2 Å². The fraction of sp³-hybridized carbons (Fsp3) is 0.231. The Bertz CT molecular complexity index is 1020. The summed E-state index contributed by atoms with van der Waals surface area (Å²) in [5, 5.41) is 6.03. The molecule has 2 amide bonds. The molecule has 1 heterocycles. The first-order valence-corrected chi connectivity index (χ1v) is 10.6. The summed E-state index contributed by atoms with van der Waals surface area (Å²) in [6.45, 7) is 1.13. The zero-order valence-corrected chi connectivity index (χ0v) is 17.3. The lowest BCUT2D eigenvalue weighted by molar-refractivity contribution is -0.121. The molecule has 2 unspecified atom stereocenters. The molecule has 0 aliphatic carbocycles. The van der Waals surface area contributed by atoms with Crippen molar-refractivity contribution >= 4 is 11.8 Å². The molecule has 158 valence electrons. The van der Waals surface area contributed by atoms with Gasteiger partial charge in [0.1, 0.15) is 5.75 Å². The van der Waals surface area contributed by atoms with Crippen LogP contribution < -0.4 is 15.4 Å². The van der Waals surface area contributed by atoms with Crippen molar-refractivity contribution in [2.24, 2.45) is 5.92 Å². The molecule has 0 aromatic heterocycles. The van der Waals surface area contributed by atoms with E-state index in [1.54, 1.807) is 12.1 Å². The van der Waals surface area contributed by atoms with E-state index in [0.29, 0.717) is 18.7 Å². The molecule has 0 bridgehead atoms. The smallest absolute Gasteiger partial charge is 0.251 e. The lowest BCUT2D eigenvalue weighted by Gasteiger charge is -2.26. The first kappa shape index (κ1) is 20.7. The van der Waals surface area contributed by atoms with Crippen LogP contribution in [0.3, 0.4) is 0 Å². The molecule has 0 spiro atoms. The van der Waals surface area contributed by atoms with Crippen molar-refractivity contribution in [3.8, 4) is 5.75 Å². The highest BCUT2D eigenvalue weighted by atomic mass is 16.5. The number of benzene rings is 3. The second-order valence-electron chi connectivity index (χ2n) is 7.80. The van der Waals surface area contributed by atoms with Crippen molar-refractivity contribution in [1.29, 1.82) is 0 Å². The fourth-order valence-corrected chi connectivity index (χ4v) is 3.81. The number of fused-ring (bicyclic) bond motifs is 1. The third-order valence-electron chi connectivity index (χ3n) is 5.48. The molecule has 31 heavy (non-hydrogen) atoms. The predicted octanol–water partition coefficient (Wildman–Crippen LogP) is 3.92. The molecule has 0 saturated heterocycles. The van der Waals surface area contributed by atoms with Gasteiger partial charge in [0.2, 0.25) is 5.91 Å². The van der Waals surface area contributed by atoms with Crippen LogP contribution in [0.4, 0.5) is 0 Å². The topological polar surface area (TPSA) is 67.4 Å². The van der Waals surface area contributed by atoms with E-state index in [4.69, 9.17) is 4.74 Å². The van der Waals surface area contributed by atoms with Crippen molar-refractivity contribution in [2.45, 2.75) is 18.9 Å². The Balaban J connectivity index is 1.36. The average molecular weight is 415 g/mol. The Morgan fingerprint density at radius 1 is 0.903 bits per heavy atom. The second kappa shape index (κ2) is 9.94. The zero-order chi connectivity index (χ0) is 21.5. The van der Waals surface area contributed by atoms with Gasteiger partial charge in [0.25, 0.3) is 5.91 Å². The first-order chi connectivity index (χ1) is 15.2. The van der Waals surface area contributed by atoms with Gasteiger partial charge in [0, 0.05) is 18.0 Å². The molecular formula is C26H26N2O3. The van der Waals surface area contributed by atoms with Gasteiger partial charge in [-0.3, -0.25) is 9.59 Å². The molecule has 3 aromatic carbocycles. The SMILES string of the molecule is O=C(CC(NC(=O)c1ccccc1)c1ccccc1)NCC1COc2ccccc2C1. The molecule has 1 aliphatic rings. The number of amides is 2. The highest BCUT2D eigenvalue weighted by Gasteiger charge is 2.22. The van der Waals surface area contributed by atoms with Crippen LogP contribution in [-0.4, -0.2) is 25.0 Å². The van der Waals surface area contributed by atoms with Crippen LogP contribution in [0.2, 0.25) is 0 Å². The van der Waals surface area contributed by atoms with Crippen molar-refractivity contribution in [1.82, 2.24) is 10.6 Å². The Labute approximate surface area is 182 Å². The Morgan fingerprint density at radius 2 is 1.58 bits per heavy atom. The summed E-state index contributed by atoms with van der Waals surface area (Å²) in [5.41, 5.74) is 2.64. The van der Waals surface area contributed by atoms with Gasteiger partial charge in [0.05, 0.1) is 19.1 Å². The lowest BCUT2D eigenvalue weighted by atomic mass is 9.96. The van der Waals surface area contributed by atoms with Gasteiger partial charge >= 0.3 is 0 Å². The third-order valence-corrected chi connectivity index (χ3v) is 5.48. The van der Waals surface area contributed by atoms with Gasteiger partial charge in [-0.1, -0.05) is 66.7 Å². The molecule has 5 heteroatoms. The monoisotopic (exact) mass is 414 g/mol. The molecule has 1 aliphatic heterocycles. The predicted molar refractivity (Wildman–Crippen MR) is 120 cm³/mol. The summed E-state index contributed by atoms with van der Waals surface area (Å²) >= 11 is 0. The number of para-hydroxylation sites is 1. The van der Waals surface area contributed by atoms with E-state index >= 15 is 0 Å². The van der Waals surface area contributed by atoms with E-state index in [1.165, 1.54) is 5.56 Å². The first-order valence-electron chi connectivity index (χ1n) is 10.6. The van der Waals surface area contributed by atoms with E-state index in [2.05, 4.69) is 16.7 Å². The molecule has 2 N–H and O–H groups in total. The maximum Gasteiger partial charge on any atom is 0.251 e. The maximum atomic E-state index is 12.7. The summed E-state index contributed by atoms with van der Waals surface area (Å²) in [4.78, 5) is 25.4. The normalized spacial score (nSPS) is 15.8. The van der Waals surface area contributed by atoms with E-state index in [0.717, 1.165) is 17.7 Å². The van der Waals surface area contributed by atoms with Crippen LogP contribution in [0.15, 0.2) is 84.9 Å². The molecule has 0 saturated carbocycles. The Kier molecular flexibility index (Phi) is 6.62. The number of rotatable bonds is 7. The molecule has 0 fully saturated rings. The Morgan fingerprint density at radius 3 is 2.35 bits per heavy atom. The number of ether oxygens (including phenoxy) is 1. The fourth-order valence-electron chi connectivity index (χ4n) is 3.81. The summed E-state index contributed by atoms with van der Waals surface area (Å²) < 4.78 is 5.81. The maximum absolute atomic E-state index is 12.7. The zero-order valence-electron chi connectivity index (χ0n) is 17.3. The van der Waals surface area contributed by atoms with Crippen LogP contribution in [0.5, 0.6) is 5.75 Å². The molecule has 0 radical (unpaired) electrons. The molecular weight excluding hydrogens is 388 g/mol. The van der Waals surface area contributed by atoms with Crippen molar-refractivity contribution < 1.29 is 14.3 Å². The van der Waals surface area contributed by atoms with Crippen LogP contribution in [0.25, 0.3) is 0 Å². The second-order valence-corrected chi connectivity index (χ2v) is 7.80. The van der Waals surface area contributed by atoms with Gasteiger partial charge in [-0.2, -0.15) is 0 Å². The largest absolute Gasteiger partial charge is 0.493 e. The minimum absolute atomic E-state index is 0.0962. The van der Waals surface area contributed by atoms with Gasteiger partial charge in [-0.25, -0.2) is 0 Å². The van der Waals surface area contributed by atoms with Crippen LogP contribution >= 0.6 is 0 Å². The van der Waals surface area contributed by atoms with Crippen LogP contribution in [0.1, 0.15) is 33.9 Å². The quantitative estimate of drug-likeness (QED) is 0.616. The van der Waals surface area contributed by atoms with Gasteiger partial charge in [0.15, 0.2) is 0 Å². The molecule has 4 rings (SSSR count). The van der Waals surface area contributed by atoms with Gasteiger partial charge < -0.3 is 15.4 Å². The van der Waals surface area contributed by atoms with E-state index < -0.39 is 6.04 Å². The Hall–Kier alpha value is -3.60. The summed E-state index contributed by atoms with van der Waals surface area (Å²) in [6.07, 6.45) is 1.05. The van der Waals surface area contributed by atoms with Gasteiger partial charge in [-0.05, 0) is 35.7 Å². The van der Waals surface area contributed by atoms with Crippen molar-refractivity contribution in [3.63, 3.8) is 0 Å². The van der Waals surface area contributed by atoms with Crippen molar-refractivity contribution in [3.05, 3.63) is 102 Å². The molecule has 5 nitrogen and oxygen atoms in total. The number of carbonyl (C=O) groups is 2. The van der Waals surface area contributed by atoms with Crippen LogP contribution in [0, 0.1) is 5.92 Å². The lowest BCUT2D eigenvalue weighted by Crippen LogP contribution is -2.37. The van der Waals surface area contributed by atoms with E-state index in [9.17, 15) is 9.59 Å². The summed E-state index contributed by atoms with van der Waals surface area (Å²) in [5.74, 6) is 0.867. The highest BCUT2D eigenvalue weighted by Crippen LogP contribution is 2.26. The summed E-state index contributed by atoms with van der Waals surface area (Å²) in [7, 11) is 0. The van der Waals surface area contributed by atoms with E-state index in [-0.39, 0.29) is 24.2 Å². The highest BCUT2D eigenvalue weighted by molar-refractivity contribution is 5.94. The standard InChI is InChI=1S/C26H26N2O3/c29-25(27-17-19-15-22-13-7-8-14-24(22)31-18-19)16-23(20-9-3-1-4-10-20)28-26(30)21-11-5-2-6-12-21/h1-14,19,23H,15-18H2,(H,27,29)(H,28,30). The minimum atomic E-state index is -0.405. The number of carbonyl (C=O) groups excluding carboxylic acids is 2. The molecule has 2 atom stereocenters. The number of nitrogens with one attached hydrogen (secondary N) is 2. The average Bonchev–Trinajstić information content (AvgIpc) is 2.83.